The molecule has 0 radical (unpaired) electrons. The van der Waals surface area contributed by atoms with E-state index in [-0.39, 0.29) is 4.90 Å². The van der Waals surface area contributed by atoms with Crippen molar-refractivity contribution < 1.29 is 22.8 Å². The summed E-state index contributed by atoms with van der Waals surface area (Å²) < 4.78 is 27.5. The summed E-state index contributed by atoms with van der Waals surface area (Å²) in [5.74, 6) is -1.19. The van der Waals surface area contributed by atoms with Crippen LogP contribution in [0, 0.1) is 6.92 Å². The summed E-state index contributed by atoms with van der Waals surface area (Å²) in [6.07, 6.45) is 2.63. The average Bonchev–Trinajstić information content (AvgIpc) is 3.05. The van der Waals surface area contributed by atoms with Crippen molar-refractivity contribution >= 4 is 45.2 Å². The van der Waals surface area contributed by atoms with Crippen LogP contribution in [0.5, 0.6) is 0 Å². The van der Waals surface area contributed by atoms with Gasteiger partial charge in [0.1, 0.15) is 12.1 Å². The van der Waals surface area contributed by atoms with Crippen LogP contribution < -0.4 is 10.6 Å². The molecule has 11 heteroatoms. The van der Waals surface area contributed by atoms with Crippen LogP contribution >= 0.6 is 11.6 Å². The number of hydrogen-bond acceptors (Lipinski definition) is 5. The number of carbonyl (C=O) groups excluding carboxylic acids is 3. The van der Waals surface area contributed by atoms with Crippen LogP contribution in [0.1, 0.15) is 37.3 Å². The molecule has 9 nitrogen and oxygen atoms in total. The monoisotopic (exact) mass is 518 g/mol. The normalized spacial score (nSPS) is 21.2. The Morgan fingerprint density at radius 3 is 2.40 bits per heavy atom. The number of halogens is 1. The van der Waals surface area contributed by atoms with E-state index in [0.29, 0.717) is 34.9 Å². The van der Waals surface area contributed by atoms with Crippen molar-refractivity contribution in [2.75, 3.05) is 25.0 Å². The fourth-order valence-corrected chi connectivity index (χ4v) is 5.97. The van der Waals surface area contributed by atoms with Crippen LogP contribution in [0.25, 0.3) is 0 Å². The van der Waals surface area contributed by atoms with Crippen LogP contribution in [-0.2, 0) is 25.2 Å². The number of aryl methyl sites for hydroxylation is 1. The van der Waals surface area contributed by atoms with Crippen molar-refractivity contribution in [1.82, 2.24) is 14.5 Å². The topological polar surface area (TPSA) is 116 Å². The summed E-state index contributed by atoms with van der Waals surface area (Å²) in [4.78, 5) is 39.4. The molecule has 35 heavy (non-hydrogen) atoms. The first-order valence-electron chi connectivity index (χ1n) is 11.3. The third kappa shape index (κ3) is 4.91. The molecule has 186 valence electrons. The molecule has 0 bridgehead atoms. The van der Waals surface area contributed by atoms with Crippen molar-refractivity contribution in [3.8, 4) is 0 Å². The van der Waals surface area contributed by atoms with Gasteiger partial charge in [-0.3, -0.25) is 14.5 Å². The van der Waals surface area contributed by atoms with E-state index in [0.717, 1.165) is 24.2 Å². The lowest BCUT2D eigenvalue weighted by Gasteiger charge is -2.26. The van der Waals surface area contributed by atoms with Gasteiger partial charge in [0.05, 0.1) is 4.90 Å². The second kappa shape index (κ2) is 9.60. The molecule has 4 rings (SSSR count). The first kappa shape index (κ1) is 25.2. The van der Waals surface area contributed by atoms with Crippen LogP contribution in [0.3, 0.4) is 0 Å². The van der Waals surface area contributed by atoms with Gasteiger partial charge in [0.2, 0.25) is 15.9 Å². The molecule has 2 heterocycles. The maximum absolute atomic E-state index is 13.1. The Labute approximate surface area is 209 Å². The molecule has 0 unspecified atom stereocenters. The number of hydrogen-bond donors (Lipinski definition) is 2. The van der Waals surface area contributed by atoms with Gasteiger partial charge in [0.25, 0.3) is 5.91 Å². The van der Waals surface area contributed by atoms with Crippen LogP contribution in [-0.4, -0.2) is 55.1 Å². The highest BCUT2D eigenvalue weighted by Gasteiger charge is 2.49. The van der Waals surface area contributed by atoms with Gasteiger partial charge < -0.3 is 10.6 Å². The zero-order valence-corrected chi connectivity index (χ0v) is 21.1. The third-order valence-electron chi connectivity index (χ3n) is 6.43. The van der Waals surface area contributed by atoms with Crippen LogP contribution in [0.2, 0.25) is 5.02 Å². The maximum atomic E-state index is 13.1. The maximum Gasteiger partial charge on any atom is 0.325 e. The van der Waals surface area contributed by atoms with Gasteiger partial charge >= 0.3 is 6.03 Å². The lowest BCUT2D eigenvalue weighted by molar-refractivity contribution is -0.133. The Morgan fingerprint density at radius 1 is 1.09 bits per heavy atom. The molecule has 1 atom stereocenters. The molecule has 2 aliphatic rings. The molecule has 0 saturated carbocycles. The molecular formula is C24H27ClN4O5S. The molecule has 0 spiro atoms. The van der Waals surface area contributed by atoms with Crippen LogP contribution in [0.4, 0.5) is 10.5 Å². The Kier molecular flexibility index (Phi) is 6.90. The number of rotatable bonds is 6. The third-order valence-corrected chi connectivity index (χ3v) is 8.58. The lowest BCUT2D eigenvalue weighted by Crippen LogP contribution is -2.42. The minimum absolute atomic E-state index is 0.0885. The number of urea groups is 1. The number of anilines is 1. The first-order chi connectivity index (χ1) is 16.5. The number of amides is 4. The van der Waals surface area contributed by atoms with E-state index in [4.69, 9.17) is 11.6 Å². The zero-order valence-electron chi connectivity index (χ0n) is 19.5. The largest absolute Gasteiger partial charge is 0.325 e. The van der Waals surface area contributed by atoms with Gasteiger partial charge in [-0.25, -0.2) is 13.2 Å². The minimum Gasteiger partial charge on any atom is -0.324 e. The van der Waals surface area contributed by atoms with Gasteiger partial charge in [0, 0.05) is 23.8 Å². The highest BCUT2D eigenvalue weighted by molar-refractivity contribution is 7.89. The van der Waals surface area contributed by atoms with E-state index in [1.54, 1.807) is 44.2 Å². The number of carbonyl (C=O) groups is 3. The second-order valence-electron chi connectivity index (χ2n) is 8.94. The predicted octanol–water partition coefficient (Wildman–Crippen LogP) is 3.23. The highest BCUT2D eigenvalue weighted by atomic mass is 35.5. The van der Waals surface area contributed by atoms with E-state index >= 15 is 0 Å². The van der Waals surface area contributed by atoms with Crippen molar-refractivity contribution in [3.63, 3.8) is 0 Å². The number of sulfonamides is 1. The zero-order chi connectivity index (χ0) is 25.4. The summed E-state index contributed by atoms with van der Waals surface area (Å²) in [6, 6.07) is 10.4. The smallest absolute Gasteiger partial charge is 0.324 e. The van der Waals surface area contributed by atoms with E-state index in [1.165, 1.54) is 16.4 Å². The van der Waals surface area contributed by atoms with Gasteiger partial charge in [-0.15, -0.1) is 0 Å². The number of nitrogens with one attached hydrogen (secondary N) is 2. The SMILES string of the molecule is Cc1ccc(S(=O)(=O)N2CCCCC2)cc1NC(=O)CN1C(=O)N[C@@](C)(c2ccc(Cl)cc2)C1=O. The van der Waals surface area contributed by atoms with Gasteiger partial charge in [-0.2, -0.15) is 4.31 Å². The minimum atomic E-state index is -3.68. The van der Waals surface area contributed by atoms with Gasteiger partial charge in [0.15, 0.2) is 0 Å². The molecule has 4 amide bonds. The number of imide groups is 1. The standard InChI is InChI=1S/C24H27ClN4O5S/c1-16-6-11-19(35(33,34)28-12-4-3-5-13-28)14-20(16)26-21(30)15-29-22(31)24(2,27-23(29)32)17-7-9-18(25)10-8-17/h6-11,14H,3-5,12-13,15H2,1-2H3,(H,26,30)(H,27,32)/t24-/m0/s1. The molecular weight excluding hydrogens is 492 g/mol. The Bertz CT molecular complexity index is 1280. The Morgan fingerprint density at radius 2 is 1.74 bits per heavy atom. The average molecular weight is 519 g/mol. The van der Waals surface area contributed by atoms with Gasteiger partial charge in [-0.1, -0.05) is 36.2 Å². The fraction of sp³-hybridized carbons (Fsp3) is 0.375. The van der Waals surface area contributed by atoms with E-state index < -0.39 is 40.0 Å². The summed E-state index contributed by atoms with van der Waals surface area (Å²) >= 11 is 5.92. The predicted molar refractivity (Wildman–Crippen MR) is 131 cm³/mol. The van der Waals surface area contributed by atoms with Crippen molar-refractivity contribution in [1.29, 1.82) is 0 Å². The van der Waals surface area contributed by atoms with E-state index in [2.05, 4.69) is 10.6 Å². The van der Waals surface area contributed by atoms with Crippen molar-refractivity contribution in [2.24, 2.45) is 0 Å². The van der Waals surface area contributed by atoms with E-state index in [1.807, 2.05) is 0 Å². The lowest BCUT2D eigenvalue weighted by atomic mass is 9.92. The van der Waals surface area contributed by atoms with Crippen molar-refractivity contribution in [2.45, 2.75) is 43.5 Å². The molecule has 2 N–H and O–H groups in total. The highest BCUT2D eigenvalue weighted by Crippen LogP contribution is 2.30. The van der Waals surface area contributed by atoms with E-state index in [9.17, 15) is 22.8 Å². The molecule has 0 aromatic heterocycles. The second-order valence-corrected chi connectivity index (χ2v) is 11.3. The summed E-state index contributed by atoms with van der Waals surface area (Å²) in [5.41, 5.74) is 0.162. The summed E-state index contributed by atoms with van der Waals surface area (Å²) in [7, 11) is -3.68. The molecule has 2 aromatic carbocycles. The summed E-state index contributed by atoms with van der Waals surface area (Å²) in [5, 5.41) is 5.79. The molecule has 2 saturated heterocycles. The summed E-state index contributed by atoms with van der Waals surface area (Å²) in [6.45, 7) is 3.72. The quantitative estimate of drug-likeness (QED) is 0.569. The first-order valence-corrected chi connectivity index (χ1v) is 13.1. The van der Waals surface area contributed by atoms with Crippen molar-refractivity contribution in [3.05, 3.63) is 58.6 Å². The Hall–Kier alpha value is -2.95. The number of benzene rings is 2. The Balaban J connectivity index is 1.49. The van der Waals surface area contributed by atoms with Crippen LogP contribution in [0.15, 0.2) is 47.4 Å². The molecule has 2 fully saturated rings. The number of piperidine rings is 1. The molecule has 0 aliphatic carbocycles. The molecule has 2 aliphatic heterocycles. The number of nitrogens with zero attached hydrogens (tertiary/aromatic N) is 2. The fourth-order valence-electron chi connectivity index (χ4n) is 4.30. The molecule has 2 aromatic rings. The van der Waals surface area contributed by atoms with Gasteiger partial charge in [-0.05, 0) is 62.1 Å².